The zero-order valence-electron chi connectivity index (χ0n) is 19.7. The van der Waals surface area contributed by atoms with Gasteiger partial charge in [0.15, 0.2) is 0 Å². The fraction of sp³-hybridized carbons (Fsp3) is 0.519. The summed E-state index contributed by atoms with van der Waals surface area (Å²) in [5, 5.41) is 15.5. The Hall–Kier alpha value is -2.33. The molecule has 4 nitrogen and oxygen atoms in total. The van der Waals surface area contributed by atoms with Crippen molar-refractivity contribution in [3.8, 4) is 5.75 Å². The van der Waals surface area contributed by atoms with Crippen molar-refractivity contribution < 1.29 is 9.90 Å². The smallest absolute Gasteiger partial charge is 0.216 e. The summed E-state index contributed by atoms with van der Waals surface area (Å²) >= 11 is 0. The van der Waals surface area contributed by atoms with Gasteiger partial charge in [0.25, 0.3) is 0 Å². The van der Waals surface area contributed by atoms with E-state index < -0.39 is 0 Å². The van der Waals surface area contributed by atoms with Gasteiger partial charge < -0.3 is 15.7 Å². The summed E-state index contributed by atoms with van der Waals surface area (Å²) in [4.78, 5) is 11.0. The summed E-state index contributed by atoms with van der Waals surface area (Å²) in [6, 6.07) is 16.2. The maximum absolute atomic E-state index is 11.0. The summed E-state index contributed by atoms with van der Waals surface area (Å²) in [5.74, 6) is 0.952. The zero-order valence-corrected chi connectivity index (χ0v) is 19.7. The van der Waals surface area contributed by atoms with E-state index in [-0.39, 0.29) is 11.4 Å². The van der Waals surface area contributed by atoms with Crippen molar-refractivity contribution in [2.45, 2.75) is 77.7 Å². The Kier molecular flexibility index (Phi) is 10.1. The minimum atomic E-state index is 0.0574. The lowest BCUT2D eigenvalue weighted by Crippen LogP contribution is -2.45. The first kappa shape index (κ1) is 24.9. The predicted octanol–water partition coefficient (Wildman–Crippen LogP) is 5.79. The largest absolute Gasteiger partial charge is 0.508 e. The molecule has 3 N–H and O–H groups in total. The van der Waals surface area contributed by atoms with Crippen LogP contribution in [0.2, 0.25) is 0 Å². The lowest BCUT2D eigenvalue weighted by atomic mass is 9.75. The van der Waals surface area contributed by atoms with Crippen LogP contribution >= 0.6 is 0 Å². The molecule has 0 spiro atoms. The van der Waals surface area contributed by atoms with Gasteiger partial charge in [0.1, 0.15) is 5.75 Å². The Labute approximate surface area is 188 Å². The van der Waals surface area contributed by atoms with E-state index in [0.29, 0.717) is 11.7 Å². The van der Waals surface area contributed by atoms with Gasteiger partial charge in [0, 0.05) is 19.0 Å². The number of amides is 1. The molecule has 0 aliphatic heterocycles. The van der Waals surface area contributed by atoms with E-state index >= 15 is 0 Å². The third-order valence-electron chi connectivity index (χ3n) is 6.04. The molecular formula is C27H40N2O2. The first-order chi connectivity index (χ1) is 14.8. The average Bonchev–Trinajstić information content (AvgIpc) is 2.76. The molecule has 0 aromatic heterocycles. The Bertz CT molecular complexity index is 772. The van der Waals surface area contributed by atoms with Gasteiger partial charge in [-0.3, -0.25) is 4.79 Å². The number of carbonyl (C=O) groups is 1. The molecule has 0 bridgehead atoms. The van der Waals surface area contributed by atoms with Crippen LogP contribution in [-0.2, 0) is 10.3 Å². The lowest BCUT2D eigenvalue weighted by Gasteiger charge is -2.39. The monoisotopic (exact) mass is 424 g/mol. The molecule has 170 valence electrons. The van der Waals surface area contributed by atoms with Crippen molar-refractivity contribution in [3.05, 3.63) is 65.2 Å². The van der Waals surface area contributed by atoms with Crippen molar-refractivity contribution in [1.82, 2.24) is 10.6 Å². The number of benzene rings is 2. The maximum Gasteiger partial charge on any atom is 0.216 e. The number of aromatic hydroxyl groups is 1. The SMILES string of the molecule is CC(=O)NCCCNC1(c2cccc(C(C)C)c2)CCCCC1.Cc1ccc(O)cc1. The van der Waals surface area contributed by atoms with E-state index in [9.17, 15) is 4.79 Å². The predicted molar refractivity (Wildman–Crippen MR) is 129 cm³/mol. The van der Waals surface area contributed by atoms with Crippen LogP contribution in [-0.4, -0.2) is 24.1 Å². The van der Waals surface area contributed by atoms with Gasteiger partial charge in [0.2, 0.25) is 5.91 Å². The summed E-state index contributed by atoms with van der Waals surface area (Å²) < 4.78 is 0. The van der Waals surface area contributed by atoms with Crippen LogP contribution in [0, 0.1) is 6.92 Å². The minimum absolute atomic E-state index is 0.0574. The molecule has 1 amide bonds. The highest BCUT2D eigenvalue weighted by molar-refractivity contribution is 5.72. The summed E-state index contributed by atoms with van der Waals surface area (Å²) in [5.41, 5.74) is 4.16. The Morgan fingerprint density at radius 3 is 2.29 bits per heavy atom. The van der Waals surface area contributed by atoms with Crippen LogP contribution in [0.15, 0.2) is 48.5 Å². The standard InChI is InChI=1S/C20H32N2O.C7H8O/c1-16(2)18-9-7-10-19(15-18)20(11-5-4-6-12-20)22-14-8-13-21-17(3)23;1-6-2-4-7(8)5-3-6/h7,9-10,15-16,22H,4-6,8,11-14H2,1-3H3,(H,21,23);2-5,8H,1H3. The van der Waals surface area contributed by atoms with Gasteiger partial charge in [-0.25, -0.2) is 0 Å². The van der Waals surface area contributed by atoms with Crippen LogP contribution in [0.4, 0.5) is 0 Å². The number of hydrogen-bond acceptors (Lipinski definition) is 3. The fourth-order valence-electron chi connectivity index (χ4n) is 4.14. The summed E-state index contributed by atoms with van der Waals surface area (Å²) in [7, 11) is 0. The Balaban J connectivity index is 0.000000357. The molecule has 1 fully saturated rings. The molecule has 1 aliphatic carbocycles. The van der Waals surface area contributed by atoms with Crippen molar-refractivity contribution in [2.75, 3.05) is 13.1 Å². The summed E-state index contributed by atoms with van der Waals surface area (Å²) in [6.07, 6.45) is 7.35. The second-order valence-corrected chi connectivity index (χ2v) is 9.02. The quantitative estimate of drug-likeness (QED) is 0.493. The highest BCUT2D eigenvalue weighted by Gasteiger charge is 2.33. The Morgan fingerprint density at radius 1 is 1.03 bits per heavy atom. The third-order valence-corrected chi connectivity index (χ3v) is 6.04. The highest BCUT2D eigenvalue weighted by Crippen LogP contribution is 2.38. The summed E-state index contributed by atoms with van der Waals surface area (Å²) in [6.45, 7) is 9.78. The topological polar surface area (TPSA) is 61.4 Å². The minimum Gasteiger partial charge on any atom is -0.508 e. The molecule has 1 saturated carbocycles. The van der Waals surface area contributed by atoms with Crippen molar-refractivity contribution >= 4 is 5.91 Å². The third kappa shape index (κ3) is 8.37. The van der Waals surface area contributed by atoms with Crippen LogP contribution in [0.5, 0.6) is 5.75 Å². The van der Waals surface area contributed by atoms with Crippen LogP contribution < -0.4 is 10.6 Å². The molecule has 3 rings (SSSR count). The number of carbonyl (C=O) groups excluding carboxylic acids is 1. The normalized spacial score (nSPS) is 15.1. The molecule has 31 heavy (non-hydrogen) atoms. The number of rotatable bonds is 7. The number of nitrogens with one attached hydrogen (secondary N) is 2. The lowest BCUT2D eigenvalue weighted by molar-refractivity contribution is -0.118. The van der Waals surface area contributed by atoms with E-state index in [1.165, 1.54) is 48.8 Å². The second-order valence-electron chi connectivity index (χ2n) is 9.02. The van der Waals surface area contributed by atoms with Crippen molar-refractivity contribution in [1.29, 1.82) is 0 Å². The van der Waals surface area contributed by atoms with Crippen LogP contribution in [0.3, 0.4) is 0 Å². The molecule has 1 aliphatic rings. The van der Waals surface area contributed by atoms with Gasteiger partial charge in [-0.15, -0.1) is 0 Å². The highest BCUT2D eigenvalue weighted by atomic mass is 16.3. The van der Waals surface area contributed by atoms with Crippen molar-refractivity contribution in [2.24, 2.45) is 0 Å². The van der Waals surface area contributed by atoms with E-state index in [2.05, 4.69) is 48.7 Å². The van der Waals surface area contributed by atoms with Gasteiger partial charge in [-0.1, -0.05) is 75.1 Å². The average molecular weight is 425 g/mol. The molecule has 0 atom stereocenters. The fourth-order valence-corrected chi connectivity index (χ4v) is 4.14. The maximum atomic E-state index is 11.0. The van der Waals surface area contributed by atoms with Gasteiger partial charge in [0.05, 0.1) is 0 Å². The Morgan fingerprint density at radius 2 is 1.71 bits per heavy atom. The van der Waals surface area contributed by atoms with Gasteiger partial charge >= 0.3 is 0 Å². The molecule has 0 radical (unpaired) electrons. The number of hydrogen-bond donors (Lipinski definition) is 3. The van der Waals surface area contributed by atoms with Crippen molar-refractivity contribution in [3.63, 3.8) is 0 Å². The first-order valence-electron chi connectivity index (χ1n) is 11.7. The number of phenols is 1. The second kappa shape index (κ2) is 12.5. The van der Waals surface area contributed by atoms with Gasteiger partial charge in [-0.05, 0) is 61.9 Å². The van der Waals surface area contributed by atoms with Crippen LogP contribution in [0.25, 0.3) is 0 Å². The van der Waals surface area contributed by atoms with E-state index in [1.54, 1.807) is 19.1 Å². The number of aryl methyl sites for hydroxylation is 1. The molecule has 2 aromatic carbocycles. The van der Waals surface area contributed by atoms with E-state index in [1.807, 2.05) is 19.1 Å². The zero-order chi connectivity index (χ0) is 22.7. The molecule has 4 heteroatoms. The number of phenolic OH excluding ortho intramolecular Hbond substituents is 1. The molecular weight excluding hydrogens is 384 g/mol. The molecule has 0 unspecified atom stereocenters. The van der Waals surface area contributed by atoms with E-state index in [4.69, 9.17) is 5.11 Å². The van der Waals surface area contributed by atoms with Crippen LogP contribution in [0.1, 0.15) is 81.9 Å². The molecule has 0 saturated heterocycles. The molecule has 0 heterocycles. The molecule has 2 aromatic rings. The van der Waals surface area contributed by atoms with E-state index in [0.717, 1.165) is 19.5 Å². The first-order valence-corrected chi connectivity index (χ1v) is 11.7. The van der Waals surface area contributed by atoms with Gasteiger partial charge in [-0.2, -0.15) is 0 Å².